The summed E-state index contributed by atoms with van der Waals surface area (Å²) < 4.78 is 20.1. The van der Waals surface area contributed by atoms with Crippen molar-refractivity contribution in [1.82, 2.24) is 19.8 Å². The number of benzene rings is 2. The van der Waals surface area contributed by atoms with Crippen LogP contribution in [0.2, 0.25) is 0 Å². The fourth-order valence-corrected chi connectivity index (χ4v) is 5.05. The van der Waals surface area contributed by atoms with E-state index in [1.807, 2.05) is 52.1 Å². The van der Waals surface area contributed by atoms with Crippen LogP contribution < -0.4 is 10.6 Å². The van der Waals surface area contributed by atoms with Gasteiger partial charge in [-0.15, -0.1) is 0 Å². The molecular formula is C29H26FN5O3S. The Morgan fingerprint density at radius 2 is 1.90 bits per heavy atom. The molecule has 2 aromatic heterocycles. The number of ether oxygens (including phenoxy) is 1. The van der Waals surface area contributed by atoms with E-state index in [1.165, 1.54) is 31.4 Å². The first-order chi connectivity index (χ1) is 18.9. The molecule has 10 heteroatoms. The van der Waals surface area contributed by atoms with Gasteiger partial charge < -0.3 is 24.8 Å². The highest BCUT2D eigenvalue weighted by molar-refractivity contribution is 7.80. The maximum Gasteiger partial charge on any atom is 0.337 e. The monoisotopic (exact) mass is 543 g/mol. The number of hydrogen-bond donors (Lipinski definition) is 2. The Labute approximate surface area is 230 Å². The van der Waals surface area contributed by atoms with E-state index < -0.39 is 5.97 Å². The standard InChI is InChI=1S/C29H26FN5O3S/c1-38-28(37)19-6-4-7-22(18-19)34-16-5-9-24(34)27-26(23-8-2-3-15-31-23)33-29(39)35(27)17-14-25(36)32-21-12-10-20(30)11-13-21/h2-13,15-16,18,26-27H,14,17H2,1H3,(H,32,36)(H,33,39)/t26-,27-/m0/s1. The lowest BCUT2D eigenvalue weighted by atomic mass is 10.0. The van der Waals surface area contributed by atoms with Crippen molar-refractivity contribution < 1.29 is 18.7 Å². The summed E-state index contributed by atoms with van der Waals surface area (Å²) in [5, 5.41) is 6.69. The van der Waals surface area contributed by atoms with E-state index >= 15 is 0 Å². The number of rotatable bonds is 8. The molecule has 4 aromatic rings. The molecule has 0 radical (unpaired) electrons. The number of thiocarbonyl (C=S) groups is 1. The normalized spacial score (nSPS) is 16.6. The molecule has 2 aromatic carbocycles. The highest BCUT2D eigenvalue weighted by atomic mass is 32.1. The largest absolute Gasteiger partial charge is 0.465 e. The lowest BCUT2D eigenvalue weighted by molar-refractivity contribution is -0.116. The second kappa shape index (κ2) is 11.4. The fourth-order valence-electron chi connectivity index (χ4n) is 4.72. The molecule has 0 aliphatic carbocycles. The van der Waals surface area contributed by atoms with Crippen LogP contribution in [0.1, 0.15) is 40.3 Å². The molecule has 8 nitrogen and oxygen atoms in total. The number of aromatic nitrogens is 2. The van der Waals surface area contributed by atoms with Crippen LogP contribution in [-0.4, -0.2) is 45.1 Å². The molecule has 0 unspecified atom stereocenters. The van der Waals surface area contributed by atoms with Crippen LogP contribution >= 0.6 is 12.2 Å². The molecule has 0 spiro atoms. The Bertz CT molecular complexity index is 1490. The molecule has 1 aliphatic heterocycles. The van der Waals surface area contributed by atoms with Gasteiger partial charge in [0.25, 0.3) is 0 Å². The summed E-state index contributed by atoms with van der Waals surface area (Å²) in [6.45, 7) is 0.334. The van der Waals surface area contributed by atoms with Crippen molar-refractivity contribution in [3.63, 3.8) is 0 Å². The first-order valence-electron chi connectivity index (χ1n) is 12.3. The molecule has 0 bridgehead atoms. The second-order valence-electron chi connectivity index (χ2n) is 8.97. The first-order valence-corrected chi connectivity index (χ1v) is 12.7. The maximum atomic E-state index is 13.2. The number of esters is 1. The van der Waals surface area contributed by atoms with Gasteiger partial charge in [0.2, 0.25) is 5.91 Å². The summed E-state index contributed by atoms with van der Waals surface area (Å²) in [7, 11) is 1.35. The average molecular weight is 544 g/mol. The number of hydrogen-bond acceptors (Lipinski definition) is 5. The zero-order chi connectivity index (χ0) is 27.4. The number of anilines is 1. The topological polar surface area (TPSA) is 88.5 Å². The quantitative estimate of drug-likeness (QED) is 0.244. The minimum atomic E-state index is -0.422. The average Bonchev–Trinajstić information content (AvgIpc) is 3.57. The van der Waals surface area contributed by atoms with Crippen LogP contribution in [0.4, 0.5) is 10.1 Å². The van der Waals surface area contributed by atoms with Crippen molar-refractivity contribution in [2.75, 3.05) is 19.0 Å². The van der Waals surface area contributed by atoms with E-state index in [4.69, 9.17) is 17.0 Å². The number of amides is 1. The summed E-state index contributed by atoms with van der Waals surface area (Å²) in [5.41, 5.74) is 3.44. The fraction of sp³-hybridized carbons (Fsp3) is 0.172. The summed E-state index contributed by atoms with van der Waals surface area (Å²) in [6.07, 6.45) is 3.81. The number of nitrogens with zero attached hydrogens (tertiary/aromatic N) is 3. The molecule has 5 rings (SSSR count). The molecule has 198 valence electrons. The van der Waals surface area contributed by atoms with E-state index in [9.17, 15) is 14.0 Å². The van der Waals surface area contributed by atoms with Gasteiger partial charge in [-0.05, 0) is 78.9 Å². The van der Waals surface area contributed by atoms with Gasteiger partial charge in [0.1, 0.15) is 5.82 Å². The minimum absolute atomic E-state index is 0.156. The zero-order valence-electron chi connectivity index (χ0n) is 21.1. The Morgan fingerprint density at radius 1 is 1.08 bits per heavy atom. The highest BCUT2D eigenvalue weighted by Crippen LogP contribution is 2.39. The van der Waals surface area contributed by atoms with Gasteiger partial charge in [0, 0.05) is 42.4 Å². The third-order valence-corrected chi connectivity index (χ3v) is 6.89. The molecule has 1 amide bonds. The number of nitrogens with one attached hydrogen (secondary N) is 2. The molecule has 1 aliphatic rings. The first kappa shape index (κ1) is 26.1. The number of methoxy groups -OCH3 is 1. The Morgan fingerprint density at radius 3 is 2.64 bits per heavy atom. The highest BCUT2D eigenvalue weighted by Gasteiger charge is 2.41. The Balaban J connectivity index is 1.45. The van der Waals surface area contributed by atoms with E-state index in [0.717, 1.165) is 17.1 Å². The van der Waals surface area contributed by atoms with Crippen LogP contribution in [-0.2, 0) is 9.53 Å². The molecule has 1 saturated heterocycles. The maximum absolute atomic E-state index is 13.2. The third-order valence-electron chi connectivity index (χ3n) is 6.53. The number of carbonyl (C=O) groups is 2. The number of pyridine rings is 1. The van der Waals surface area contributed by atoms with Gasteiger partial charge in [-0.25, -0.2) is 9.18 Å². The summed E-state index contributed by atoms with van der Waals surface area (Å²) in [5.74, 6) is -1.01. The second-order valence-corrected chi connectivity index (χ2v) is 9.36. The molecule has 3 heterocycles. The van der Waals surface area contributed by atoms with Gasteiger partial charge >= 0.3 is 5.97 Å². The minimum Gasteiger partial charge on any atom is -0.465 e. The molecule has 39 heavy (non-hydrogen) atoms. The van der Waals surface area contributed by atoms with Crippen molar-refractivity contribution in [1.29, 1.82) is 0 Å². The van der Waals surface area contributed by atoms with Crippen LogP contribution in [0.3, 0.4) is 0 Å². The van der Waals surface area contributed by atoms with Crippen molar-refractivity contribution in [2.45, 2.75) is 18.5 Å². The molecule has 2 atom stereocenters. The molecule has 1 fully saturated rings. The van der Waals surface area contributed by atoms with Gasteiger partial charge in [0.05, 0.1) is 30.5 Å². The smallest absolute Gasteiger partial charge is 0.337 e. The van der Waals surface area contributed by atoms with E-state index in [1.54, 1.807) is 24.4 Å². The molecular weight excluding hydrogens is 517 g/mol. The Kier molecular flexibility index (Phi) is 7.64. The van der Waals surface area contributed by atoms with E-state index in [-0.39, 0.29) is 30.2 Å². The van der Waals surface area contributed by atoms with Gasteiger partial charge in [-0.1, -0.05) is 12.1 Å². The lowest BCUT2D eigenvalue weighted by Gasteiger charge is -2.29. The summed E-state index contributed by atoms with van der Waals surface area (Å²) in [6, 6.07) is 21.9. The van der Waals surface area contributed by atoms with Gasteiger partial charge in [-0.2, -0.15) is 0 Å². The molecule has 0 saturated carbocycles. The van der Waals surface area contributed by atoms with E-state index in [2.05, 4.69) is 15.6 Å². The third kappa shape index (κ3) is 5.65. The SMILES string of the molecule is COC(=O)c1cccc(-n2cccc2[C@H]2[C@H](c3ccccn3)NC(=S)N2CCC(=O)Nc2ccc(F)cc2)c1. The van der Waals surface area contributed by atoms with Crippen molar-refractivity contribution in [3.8, 4) is 5.69 Å². The lowest BCUT2D eigenvalue weighted by Crippen LogP contribution is -2.33. The van der Waals surface area contributed by atoms with Crippen LogP contribution in [0, 0.1) is 5.82 Å². The van der Waals surface area contributed by atoms with E-state index in [0.29, 0.717) is 22.9 Å². The van der Waals surface area contributed by atoms with Crippen molar-refractivity contribution in [3.05, 3.63) is 114 Å². The number of carbonyl (C=O) groups excluding carboxylic acids is 2. The van der Waals surface area contributed by atoms with Gasteiger partial charge in [-0.3, -0.25) is 9.78 Å². The van der Waals surface area contributed by atoms with Crippen LogP contribution in [0.5, 0.6) is 0 Å². The molecule has 2 N–H and O–H groups in total. The van der Waals surface area contributed by atoms with Crippen molar-refractivity contribution >= 4 is 34.9 Å². The number of halogens is 1. The zero-order valence-corrected chi connectivity index (χ0v) is 21.9. The predicted octanol–water partition coefficient (Wildman–Crippen LogP) is 4.80. The summed E-state index contributed by atoms with van der Waals surface area (Å²) >= 11 is 5.74. The predicted molar refractivity (Wildman–Crippen MR) is 149 cm³/mol. The van der Waals surface area contributed by atoms with Crippen LogP contribution in [0.25, 0.3) is 5.69 Å². The van der Waals surface area contributed by atoms with Crippen LogP contribution in [0.15, 0.2) is 91.3 Å². The Hall–Kier alpha value is -4.57. The summed E-state index contributed by atoms with van der Waals surface area (Å²) in [4.78, 5) is 31.5. The van der Waals surface area contributed by atoms with Gasteiger partial charge in [0.15, 0.2) is 5.11 Å². The van der Waals surface area contributed by atoms with Crippen molar-refractivity contribution in [2.24, 2.45) is 0 Å².